The highest BCUT2D eigenvalue weighted by Gasteiger charge is 2.44. The molecule has 1 saturated carbocycles. The zero-order valence-corrected chi connectivity index (χ0v) is 43.0. The van der Waals surface area contributed by atoms with Gasteiger partial charge in [-0.2, -0.15) is 11.8 Å². The Labute approximate surface area is 430 Å². The lowest BCUT2D eigenvalue weighted by atomic mass is 9.90. The summed E-state index contributed by atoms with van der Waals surface area (Å²) in [7, 11) is 0. The van der Waals surface area contributed by atoms with Gasteiger partial charge >= 0.3 is 5.97 Å². The molecule has 71 heavy (non-hydrogen) atoms. The zero-order valence-electron chi connectivity index (χ0n) is 41.4. The number of halogens is 1. The van der Waals surface area contributed by atoms with Crippen molar-refractivity contribution in [3.8, 4) is 5.75 Å². The number of unbranched alkanes of at least 4 members (excludes halogenated alkanes) is 4. The van der Waals surface area contributed by atoms with Crippen LogP contribution in [0.3, 0.4) is 0 Å². The van der Waals surface area contributed by atoms with E-state index in [-0.39, 0.29) is 29.4 Å². The molecule has 1 aromatic heterocycles. The first-order valence-electron chi connectivity index (χ1n) is 25.2. The quantitative estimate of drug-likeness (QED) is 0.0262. The lowest BCUT2D eigenvalue weighted by molar-refractivity contribution is -0.138. The van der Waals surface area contributed by atoms with Crippen LogP contribution < -0.4 is 5.32 Å². The molecule has 2 unspecified atom stereocenters. The maximum absolute atomic E-state index is 11.5. The average Bonchev–Trinajstić information content (AvgIpc) is 4.13. The van der Waals surface area contributed by atoms with E-state index < -0.39 is 17.7 Å². The number of aromatic nitrogens is 1. The van der Waals surface area contributed by atoms with Crippen molar-refractivity contribution < 1.29 is 35.1 Å². The van der Waals surface area contributed by atoms with Crippen LogP contribution in [-0.4, -0.2) is 68.5 Å². The summed E-state index contributed by atoms with van der Waals surface area (Å²) in [5.41, 5.74) is 7.69. The Morgan fingerprint density at radius 2 is 1.56 bits per heavy atom. The number of aryl methyl sites for hydroxylation is 2. The Bertz CT molecular complexity index is 2600. The number of pyridine rings is 1. The monoisotopic (exact) mass is 1000 g/mol. The van der Waals surface area contributed by atoms with Gasteiger partial charge in [-0.15, -0.1) is 0 Å². The lowest BCUT2D eigenvalue weighted by Crippen LogP contribution is -2.22. The van der Waals surface area contributed by atoms with Gasteiger partial charge in [-0.1, -0.05) is 128 Å². The summed E-state index contributed by atoms with van der Waals surface area (Å²) in [5.74, 6) is 0.175. The summed E-state index contributed by atoms with van der Waals surface area (Å²) in [5, 5.41) is 54.4. The molecule has 1 heterocycles. The number of aliphatic hydroxyl groups is 3. The topological polar surface area (TPSA) is 152 Å². The first kappa shape index (κ1) is 55.3. The number of carboxylic acid groups (broad SMARTS) is 1. The van der Waals surface area contributed by atoms with E-state index in [1.54, 1.807) is 12.1 Å². The van der Waals surface area contributed by atoms with Crippen LogP contribution in [0.1, 0.15) is 134 Å². The first-order chi connectivity index (χ1) is 34.3. The van der Waals surface area contributed by atoms with Crippen LogP contribution in [0.5, 0.6) is 5.75 Å². The highest BCUT2D eigenvalue weighted by atomic mass is 35.5. The van der Waals surface area contributed by atoms with Crippen molar-refractivity contribution in [2.24, 2.45) is 5.41 Å². The van der Waals surface area contributed by atoms with Crippen molar-refractivity contribution in [1.29, 1.82) is 0 Å². The van der Waals surface area contributed by atoms with E-state index in [1.807, 2.05) is 74.1 Å². The van der Waals surface area contributed by atoms with Crippen molar-refractivity contribution >= 4 is 52.4 Å². The molecule has 1 fully saturated rings. The van der Waals surface area contributed by atoms with Gasteiger partial charge in [-0.3, -0.25) is 4.79 Å². The van der Waals surface area contributed by atoms with E-state index in [0.717, 1.165) is 123 Å². The molecule has 1 aliphatic carbocycles. The fraction of sp³-hybridized carbons (Fsp3) is 0.400. The molecule has 9 nitrogen and oxygen atoms in total. The fourth-order valence-corrected chi connectivity index (χ4v) is 10.5. The van der Waals surface area contributed by atoms with Gasteiger partial charge in [0.15, 0.2) is 0 Å². The maximum atomic E-state index is 11.5. The molecule has 5 aromatic carbocycles. The molecule has 11 heteroatoms. The lowest BCUT2D eigenvalue weighted by Gasteiger charge is -2.24. The van der Waals surface area contributed by atoms with Crippen molar-refractivity contribution in [3.63, 3.8) is 0 Å². The second-order valence-corrected chi connectivity index (χ2v) is 21.1. The second-order valence-electron chi connectivity index (χ2n) is 19.4. The number of aliphatic carboxylic acids is 1. The molecule has 2 atom stereocenters. The van der Waals surface area contributed by atoms with Crippen LogP contribution in [0, 0.1) is 5.41 Å². The highest BCUT2D eigenvalue weighted by molar-refractivity contribution is 7.99. The predicted molar refractivity (Wildman–Crippen MR) is 292 cm³/mol. The summed E-state index contributed by atoms with van der Waals surface area (Å²) in [6, 6.07) is 41.9. The number of nitrogens with zero attached hydrogens (tertiary/aromatic N) is 1. The summed E-state index contributed by atoms with van der Waals surface area (Å²) >= 11 is 8.04. The number of fused-ring (bicyclic) bond motifs is 1. The number of rotatable bonds is 28. The van der Waals surface area contributed by atoms with Gasteiger partial charge in [-0.25, -0.2) is 4.98 Å². The van der Waals surface area contributed by atoms with Gasteiger partial charge in [0.05, 0.1) is 35.9 Å². The van der Waals surface area contributed by atoms with E-state index in [9.17, 15) is 30.3 Å². The van der Waals surface area contributed by atoms with E-state index in [1.165, 1.54) is 23.6 Å². The molecule has 0 spiro atoms. The number of aromatic hydroxyl groups is 1. The third kappa shape index (κ3) is 18.8. The normalized spacial score (nSPS) is 14.0. The van der Waals surface area contributed by atoms with Crippen molar-refractivity contribution in [1.82, 2.24) is 10.3 Å². The van der Waals surface area contributed by atoms with Crippen LogP contribution >= 0.6 is 23.4 Å². The number of nitrogens with one attached hydrogen (secondary N) is 1. The zero-order chi connectivity index (χ0) is 50.5. The minimum Gasteiger partial charge on any atom is -0.508 e. The van der Waals surface area contributed by atoms with Crippen LogP contribution in [0.2, 0.25) is 5.02 Å². The molecule has 6 N–H and O–H groups in total. The van der Waals surface area contributed by atoms with Crippen LogP contribution in [0.15, 0.2) is 127 Å². The number of hydrogen-bond donors (Lipinski definition) is 6. The van der Waals surface area contributed by atoms with Crippen LogP contribution in [0.25, 0.3) is 23.1 Å². The summed E-state index contributed by atoms with van der Waals surface area (Å²) < 4.78 is 5.72. The molecule has 6 aromatic rings. The third-order valence-electron chi connectivity index (χ3n) is 13.1. The van der Waals surface area contributed by atoms with E-state index in [4.69, 9.17) is 21.3 Å². The number of benzene rings is 5. The largest absolute Gasteiger partial charge is 0.508 e. The molecule has 0 radical (unpaired) electrons. The molecule has 0 bridgehead atoms. The van der Waals surface area contributed by atoms with Crippen molar-refractivity contribution in [3.05, 3.63) is 177 Å². The molecule has 1 aliphatic rings. The fourth-order valence-electron chi connectivity index (χ4n) is 8.74. The molecule has 0 saturated heterocycles. The smallest absolute Gasteiger partial charge is 0.303 e. The number of carboxylic acids is 1. The Balaban J connectivity index is 0.000000245. The summed E-state index contributed by atoms with van der Waals surface area (Å²) in [4.78, 5) is 16.2. The van der Waals surface area contributed by atoms with Crippen molar-refractivity contribution in [2.45, 2.75) is 114 Å². The van der Waals surface area contributed by atoms with Gasteiger partial charge in [0.1, 0.15) is 5.75 Å². The van der Waals surface area contributed by atoms with Gasteiger partial charge < -0.3 is 35.6 Å². The Hall–Kier alpha value is -5.04. The molecular weight excluding hydrogens is 928 g/mol. The number of aliphatic hydroxyl groups excluding tert-OH is 2. The SMILES string of the molecule is CC(C)(O)c1ccccc1CCC(SCC1(CC(=O)O)CC1)c1cccc(C=Cc2ccc3ccc(Cl)cc3n2)c1.OCc1cc(C(O)CNCCCCCCOCCCCc2ccccc2)ccc1O. The highest BCUT2D eigenvalue weighted by Crippen LogP contribution is 2.53. The van der Waals surface area contributed by atoms with Crippen molar-refractivity contribution in [2.75, 3.05) is 32.1 Å². The summed E-state index contributed by atoms with van der Waals surface area (Å²) in [6.45, 7) is 6.43. The van der Waals surface area contributed by atoms with Gasteiger partial charge in [0.25, 0.3) is 0 Å². The molecular formula is C60H73ClN2O7S. The number of phenols is 1. The number of carbonyl (C=O) groups is 1. The average molecular weight is 1000 g/mol. The Morgan fingerprint density at radius 1 is 0.817 bits per heavy atom. The summed E-state index contributed by atoms with van der Waals surface area (Å²) in [6.07, 6.45) is 15.3. The number of thioether (sulfide) groups is 1. The van der Waals surface area contributed by atoms with Gasteiger partial charge in [-0.05, 0) is 153 Å². The van der Waals surface area contributed by atoms with Gasteiger partial charge in [0.2, 0.25) is 0 Å². The maximum Gasteiger partial charge on any atom is 0.303 e. The number of hydrogen-bond acceptors (Lipinski definition) is 9. The second kappa shape index (κ2) is 28.3. The van der Waals surface area contributed by atoms with E-state index in [2.05, 4.69) is 78.1 Å². The first-order valence-corrected chi connectivity index (χ1v) is 26.7. The Morgan fingerprint density at radius 3 is 2.32 bits per heavy atom. The van der Waals surface area contributed by atoms with E-state index in [0.29, 0.717) is 22.7 Å². The van der Waals surface area contributed by atoms with Crippen LogP contribution in [0.4, 0.5) is 0 Å². The Kier molecular flexibility index (Phi) is 22.0. The van der Waals surface area contributed by atoms with Crippen LogP contribution in [-0.2, 0) is 34.6 Å². The molecule has 0 amide bonds. The van der Waals surface area contributed by atoms with Gasteiger partial charge in [0, 0.05) is 46.7 Å². The number of ether oxygens (including phenoxy) is 1. The molecule has 378 valence electrons. The third-order valence-corrected chi connectivity index (χ3v) is 15.0. The molecule has 7 rings (SSSR count). The minimum absolute atomic E-state index is 0.0533. The predicted octanol–water partition coefficient (Wildman–Crippen LogP) is 13.1. The molecule has 0 aliphatic heterocycles. The minimum atomic E-state index is -0.911. The standard InChI is InChI=1S/C35H36ClNO3S.C25H37NO4/c1-34(2,40)30-9-4-3-7-25(30)13-17-32(41-23-35(18-19-35)22-33(38)39)27-8-5-6-24(20-27)10-15-29-16-12-26-11-14-28(36)21-31(26)37-29;27-20-23-18-22(13-14-24(23)28)25(29)19-26-15-7-1-2-8-16-30-17-9-6-12-21-10-4-3-5-11-21/h3-12,14-16,20-21,32,40H,13,17-19,22-23H2,1-2H3,(H,38,39);3-5,10-11,13-14,18,25-29H,1-2,6-9,12,15-17,19-20H2. The van der Waals surface area contributed by atoms with E-state index >= 15 is 0 Å².